The van der Waals surface area contributed by atoms with E-state index < -0.39 is 0 Å². The van der Waals surface area contributed by atoms with E-state index in [1.165, 1.54) is 16.7 Å². The molecule has 106 valence electrons. The predicted molar refractivity (Wildman–Crippen MR) is 80.6 cm³/mol. The summed E-state index contributed by atoms with van der Waals surface area (Å²) in [5.41, 5.74) is 4.49. The number of benzene rings is 1. The summed E-state index contributed by atoms with van der Waals surface area (Å²) in [4.78, 5) is 14.0. The fraction of sp³-hybridized carbons (Fsp3) is 0.375. The van der Waals surface area contributed by atoms with Gasteiger partial charge in [0.15, 0.2) is 0 Å². The third-order valence-electron chi connectivity index (χ3n) is 3.47. The van der Waals surface area contributed by atoms with Crippen molar-refractivity contribution >= 4 is 11.6 Å². The number of carbonyl (C=O) groups is 1. The quantitative estimate of drug-likeness (QED) is 0.800. The fourth-order valence-electron chi connectivity index (χ4n) is 2.45. The van der Waals surface area contributed by atoms with Crippen molar-refractivity contribution in [2.24, 2.45) is 7.05 Å². The number of amides is 1. The molecular weight excluding hydrogens is 250 g/mol. The van der Waals surface area contributed by atoms with Gasteiger partial charge < -0.3 is 4.90 Å². The molecule has 4 heteroatoms. The van der Waals surface area contributed by atoms with Crippen molar-refractivity contribution in [3.63, 3.8) is 0 Å². The molecule has 0 N–H and O–H groups in total. The highest BCUT2D eigenvalue weighted by Gasteiger charge is 2.25. The Morgan fingerprint density at radius 1 is 1.25 bits per heavy atom. The van der Waals surface area contributed by atoms with Crippen molar-refractivity contribution in [3.8, 4) is 0 Å². The van der Waals surface area contributed by atoms with Crippen LogP contribution < -0.4 is 4.90 Å². The number of nitrogens with zero attached hydrogens (tertiary/aromatic N) is 3. The van der Waals surface area contributed by atoms with Crippen LogP contribution in [0.15, 0.2) is 30.6 Å². The first kappa shape index (κ1) is 14.3. The van der Waals surface area contributed by atoms with E-state index in [4.69, 9.17) is 0 Å². The average Bonchev–Trinajstić information content (AvgIpc) is 2.88. The summed E-state index contributed by atoms with van der Waals surface area (Å²) >= 11 is 0. The molecule has 0 saturated heterocycles. The van der Waals surface area contributed by atoms with Crippen molar-refractivity contribution < 1.29 is 4.79 Å². The minimum Gasteiger partial charge on any atom is -0.305 e. The number of fused-ring (bicyclic) bond motifs is 1. The lowest BCUT2D eigenvalue weighted by Crippen LogP contribution is -2.36. The first-order valence-corrected chi connectivity index (χ1v) is 7.01. The molecule has 0 unspecified atom stereocenters. The van der Waals surface area contributed by atoms with Gasteiger partial charge in [-0.3, -0.25) is 9.48 Å². The maximum Gasteiger partial charge on any atom is 0.231 e. The molecule has 1 amide bonds. The van der Waals surface area contributed by atoms with E-state index in [9.17, 15) is 4.79 Å². The molecule has 0 aliphatic carbocycles. The summed E-state index contributed by atoms with van der Waals surface area (Å²) in [6.07, 6.45) is 4.09. The third-order valence-corrected chi connectivity index (χ3v) is 3.47. The minimum absolute atomic E-state index is 0.143. The maximum atomic E-state index is 12.2. The zero-order valence-electron chi connectivity index (χ0n) is 12.6. The van der Waals surface area contributed by atoms with E-state index in [0.717, 1.165) is 5.69 Å². The van der Waals surface area contributed by atoms with E-state index in [1.807, 2.05) is 33.2 Å². The molecule has 0 spiro atoms. The van der Waals surface area contributed by atoms with Gasteiger partial charge in [0.05, 0.1) is 24.8 Å². The smallest absolute Gasteiger partial charge is 0.231 e. The fourth-order valence-corrected chi connectivity index (χ4v) is 2.45. The van der Waals surface area contributed by atoms with Gasteiger partial charge in [-0.15, -0.1) is 0 Å². The van der Waals surface area contributed by atoms with Gasteiger partial charge in [-0.25, -0.2) is 0 Å². The lowest BCUT2D eigenvalue weighted by atomic mass is 9.95. The lowest BCUT2D eigenvalue weighted by molar-refractivity contribution is -0.118. The van der Waals surface area contributed by atoms with Crippen LogP contribution in [0.1, 0.15) is 30.5 Å². The summed E-state index contributed by atoms with van der Waals surface area (Å²) < 4.78 is 1.72. The van der Waals surface area contributed by atoms with Gasteiger partial charge in [-0.1, -0.05) is 32.0 Å². The SMILES string of the molecule is CC.Cc1cccc2c1CC(=O)N(c1cnn(C)c1)C2. The van der Waals surface area contributed by atoms with E-state index in [-0.39, 0.29) is 5.91 Å². The molecule has 0 radical (unpaired) electrons. The van der Waals surface area contributed by atoms with E-state index in [1.54, 1.807) is 15.8 Å². The van der Waals surface area contributed by atoms with Gasteiger partial charge in [0.2, 0.25) is 5.91 Å². The maximum absolute atomic E-state index is 12.2. The van der Waals surface area contributed by atoms with Gasteiger partial charge in [0.25, 0.3) is 0 Å². The van der Waals surface area contributed by atoms with Gasteiger partial charge in [0, 0.05) is 13.2 Å². The largest absolute Gasteiger partial charge is 0.305 e. The van der Waals surface area contributed by atoms with Crippen molar-refractivity contribution in [2.45, 2.75) is 33.7 Å². The van der Waals surface area contributed by atoms with Gasteiger partial charge in [0.1, 0.15) is 0 Å². The zero-order valence-corrected chi connectivity index (χ0v) is 12.6. The van der Waals surface area contributed by atoms with Crippen molar-refractivity contribution in [2.75, 3.05) is 4.90 Å². The molecule has 1 aromatic carbocycles. The van der Waals surface area contributed by atoms with Gasteiger partial charge >= 0.3 is 0 Å². The number of anilines is 1. The minimum atomic E-state index is 0.143. The summed E-state index contributed by atoms with van der Waals surface area (Å²) in [5.74, 6) is 0.143. The molecule has 0 saturated carbocycles. The Bertz CT molecular complexity index is 616. The monoisotopic (exact) mass is 271 g/mol. The number of carbonyl (C=O) groups excluding carboxylic acids is 1. The van der Waals surface area contributed by atoms with Crippen LogP contribution in [-0.2, 0) is 24.8 Å². The van der Waals surface area contributed by atoms with Gasteiger partial charge in [-0.2, -0.15) is 5.10 Å². The molecule has 0 atom stereocenters. The van der Waals surface area contributed by atoms with Crippen molar-refractivity contribution in [1.29, 1.82) is 0 Å². The molecule has 20 heavy (non-hydrogen) atoms. The van der Waals surface area contributed by atoms with E-state index in [0.29, 0.717) is 13.0 Å². The average molecular weight is 271 g/mol. The standard InChI is InChI=1S/C14H15N3O.C2H6/c1-10-4-3-5-11-8-17(14(18)6-13(10)11)12-7-15-16(2)9-12;1-2/h3-5,7,9H,6,8H2,1-2H3;1-2H3. The normalized spacial score (nSPS) is 13.6. The Balaban J connectivity index is 0.000000704. The first-order valence-electron chi connectivity index (χ1n) is 7.01. The highest BCUT2D eigenvalue weighted by Crippen LogP contribution is 2.26. The molecule has 2 heterocycles. The van der Waals surface area contributed by atoms with E-state index >= 15 is 0 Å². The highest BCUT2D eigenvalue weighted by atomic mass is 16.2. The summed E-state index contributed by atoms with van der Waals surface area (Å²) in [6, 6.07) is 6.20. The topological polar surface area (TPSA) is 38.1 Å². The van der Waals surface area contributed by atoms with Crippen LogP contribution in [0.4, 0.5) is 5.69 Å². The first-order chi connectivity index (χ1) is 9.65. The number of aryl methyl sites for hydroxylation is 2. The molecule has 2 aromatic rings. The summed E-state index contributed by atoms with van der Waals surface area (Å²) in [6.45, 7) is 6.70. The number of hydrogen-bond acceptors (Lipinski definition) is 2. The zero-order chi connectivity index (χ0) is 14.7. The molecule has 1 aliphatic rings. The Kier molecular flexibility index (Phi) is 4.23. The second-order valence-electron chi connectivity index (χ2n) is 4.74. The summed E-state index contributed by atoms with van der Waals surface area (Å²) in [5, 5.41) is 4.12. The van der Waals surface area contributed by atoms with Crippen LogP contribution in [0.25, 0.3) is 0 Å². The Morgan fingerprint density at radius 2 is 2.00 bits per heavy atom. The lowest BCUT2D eigenvalue weighted by Gasteiger charge is -2.28. The Hall–Kier alpha value is -2.10. The molecule has 0 bridgehead atoms. The highest BCUT2D eigenvalue weighted by molar-refractivity contribution is 5.96. The van der Waals surface area contributed by atoms with Crippen LogP contribution in [0.2, 0.25) is 0 Å². The Morgan fingerprint density at radius 3 is 2.65 bits per heavy atom. The van der Waals surface area contributed by atoms with Gasteiger partial charge in [-0.05, 0) is 23.6 Å². The molecular formula is C16H21N3O. The molecule has 0 fully saturated rings. The van der Waals surface area contributed by atoms with Crippen LogP contribution in [0.5, 0.6) is 0 Å². The van der Waals surface area contributed by atoms with E-state index in [2.05, 4.69) is 24.2 Å². The molecule has 1 aromatic heterocycles. The number of rotatable bonds is 1. The van der Waals surface area contributed by atoms with Crippen LogP contribution >= 0.6 is 0 Å². The number of aromatic nitrogens is 2. The van der Waals surface area contributed by atoms with Crippen LogP contribution in [0, 0.1) is 6.92 Å². The molecule has 3 rings (SSSR count). The summed E-state index contributed by atoms with van der Waals surface area (Å²) in [7, 11) is 1.86. The molecule has 4 nitrogen and oxygen atoms in total. The van der Waals surface area contributed by atoms with Crippen LogP contribution in [-0.4, -0.2) is 15.7 Å². The predicted octanol–water partition coefficient (Wildman–Crippen LogP) is 2.84. The molecule has 1 aliphatic heterocycles. The van der Waals surface area contributed by atoms with Crippen LogP contribution in [0.3, 0.4) is 0 Å². The second-order valence-corrected chi connectivity index (χ2v) is 4.74. The van der Waals surface area contributed by atoms with Crippen molar-refractivity contribution in [1.82, 2.24) is 9.78 Å². The second kappa shape index (κ2) is 5.90. The van der Waals surface area contributed by atoms with Crippen molar-refractivity contribution in [3.05, 3.63) is 47.3 Å². The third kappa shape index (κ3) is 2.59. The Labute approximate surface area is 120 Å². The number of hydrogen-bond donors (Lipinski definition) is 0.